The predicted molar refractivity (Wildman–Crippen MR) is 102 cm³/mol. The van der Waals surface area contributed by atoms with E-state index < -0.39 is 0 Å². The minimum Gasteiger partial charge on any atom is -0.493 e. The summed E-state index contributed by atoms with van der Waals surface area (Å²) in [6.45, 7) is 4.49. The molecule has 0 N–H and O–H groups in total. The van der Waals surface area contributed by atoms with Gasteiger partial charge in [0, 0.05) is 12.0 Å². The predicted octanol–water partition coefficient (Wildman–Crippen LogP) is 4.79. The first-order chi connectivity index (χ1) is 12.7. The fourth-order valence-corrected chi connectivity index (χ4v) is 2.65. The molecule has 0 radical (unpaired) electrons. The number of carbonyl (C=O) groups is 1. The molecule has 4 heteroatoms. The van der Waals surface area contributed by atoms with Crippen molar-refractivity contribution in [3.8, 4) is 17.2 Å². The van der Waals surface area contributed by atoms with Gasteiger partial charge in [-0.05, 0) is 49.8 Å². The summed E-state index contributed by atoms with van der Waals surface area (Å²) >= 11 is 0. The topological polar surface area (TPSA) is 52.3 Å². The lowest BCUT2D eigenvalue weighted by molar-refractivity contribution is -0.104. The number of allylic oxidation sites excluding steroid dienone is 1. The van der Waals surface area contributed by atoms with Crippen molar-refractivity contribution in [3.63, 3.8) is 0 Å². The van der Waals surface area contributed by atoms with Gasteiger partial charge in [-0.2, -0.15) is 0 Å². The molecule has 0 amide bonds. The zero-order valence-corrected chi connectivity index (χ0v) is 14.9. The Morgan fingerprint density at radius 2 is 1.92 bits per heavy atom. The van der Waals surface area contributed by atoms with E-state index in [1.807, 2.05) is 56.3 Å². The van der Waals surface area contributed by atoms with Crippen LogP contribution in [-0.4, -0.2) is 17.9 Å². The molecule has 0 spiro atoms. The van der Waals surface area contributed by atoms with Crippen LogP contribution < -0.4 is 4.74 Å². The van der Waals surface area contributed by atoms with Gasteiger partial charge in [0.2, 0.25) is 5.89 Å². The number of hydrogen-bond acceptors (Lipinski definition) is 4. The molecule has 132 valence electrons. The van der Waals surface area contributed by atoms with Gasteiger partial charge in [-0.3, -0.25) is 4.79 Å². The monoisotopic (exact) mass is 347 g/mol. The van der Waals surface area contributed by atoms with E-state index in [2.05, 4.69) is 11.1 Å². The highest BCUT2D eigenvalue weighted by atomic mass is 16.5. The molecule has 0 aliphatic carbocycles. The van der Waals surface area contributed by atoms with Crippen LogP contribution in [0.1, 0.15) is 22.6 Å². The first-order valence-corrected chi connectivity index (χ1v) is 8.54. The van der Waals surface area contributed by atoms with Crippen molar-refractivity contribution in [1.82, 2.24) is 4.98 Å². The van der Waals surface area contributed by atoms with E-state index in [1.54, 1.807) is 6.08 Å². The van der Waals surface area contributed by atoms with E-state index in [-0.39, 0.29) is 0 Å². The molecule has 0 aliphatic rings. The van der Waals surface area contributed by atoms with Gasteiger partial charge in [0.15, 0.2) is 0 Å². The van der Waals surface area contributed by atoms with Crippen molar-refractivity contribution in [2.24, 2.45) is 0 Å². The number of benzene rings is 2. The van der Waals surface area contributed by atoms with Crippen molar-refractivity contribution in [3.05, 3.63) is 77.2 Å². The highest BCUT2D eigenvalue weighted by Gasteiger charge is 2.11. The fourth-order valence-electron chi connectivity index (χ4n) is 2.65. The van der Waals surface area contributed by atoms with Crippen LogP contribution in [0.3, 0.4) is 0 Å². The second-order valence-electron chi connectivity index (χ2n) is 6.05. The molecule has 2 aromatic carbocycles. The Labute approximate surface area is 153 Å². The van der Waals surface area contributed by atoms with E-state index in [9.17, 15) is 4.79 Å². The lowest BCUT2D eigenvalue weighted by Gasteiger charge is -2.05. The molecule has 3 rings (SSSR count). The number of nitrogens with zero attached hydrogens (tertiary/aromatic N) is 1. The van der Waals surface area contributed by atoms with E-state index in [0.29, 0.717) is 18.9 Å². The molecular formula is C22H21NO3. The first-order valence-electron chi connectivity index (χ1n) is 8.54. The quantitative estimate of drug-likeness (QED) is 0.455. The van der Waals surface area contributed by atoms with Crippen molar-refractivity contribution in [2.75, 3.05) is 6.61 Å². The van der Waals surface area contributed by atoms with Crippen molar-refractivity contribution < 1.29 is 13.9 Å². The van der Waals surface area contributed by atoms with Crippen LogP contribution in [0, 0.1) is 13.8 Å². The number of ether oxygens (including phenoxy) is 1. The summed E-state index contributed by atoms with van der Waals surface area (Å²) in [5, 5.41) is 0. The molecule has 0 fully saturated rings. The number of rotatable bonds is 7. The van der Waals surface area contributed by atoms with Gasteiger partial charge in [-0.1, -0.05) is 35.9 Å². The van der Waals surface area contributed by atoms with E-state index in [1.165, 1.54) is 11.6 Å². The average Bonchev–Trinajstić information content (AvgIpc) is 3.02. The minimum atomic E-state index is 0.518. The third-order valence-electron chi connectivity index (χ3n) is 4.01. The Morgan fingerprint density at radius 1 is 1.12 bits per heavy atom. The highest BCUT2D eigenvalue weighted by molar-refractivity contribution is 5.73. The molecule has 1 aromatic heterocycles. The Balaban J connectivity index is 1.60. The van der Waals surface area contributed by atoms with Gasteiger partial charge in [0.1, 0.15) is 17.8 Å². The van der Waals surface area contributed by atoms with Crippen LogP contribution in [0.25, 0.3) is 17.5 Å². The molecule has 26 heavy (non-hydrogen) atoms. The number of aldehydes is 1. The van der Waals surface area contributed by atoms with Gasteiger partial charge in [-0.25, -0.2) is 4.98 Å². The number of aryl methyl sites for hydroxylation is 2. The number of hydrogen-bond donors (Lipinski definition) is 0. The molecule has 3 aromatic rings. The third-order valence-corrected chi connectivity index (χ3v) is 4.01. The largest absolute Gasteiger partial charge is 0.493 e. The van der Waals surface area contributed by atoms with E-state index in [4.69, 9.17) is 9.15 Å². The highest BCUT2D eigenvalue weighted by Crippen LogP contribution is 2.23. The summed E-state index contributed by atoms with van der Waals surface area (Å²) in [4.78, 5) is 14.9. The van der Waals surface area contributed by atoms with Gasteiger partial charge in [-0.15, -0.1) is 0 Å². The zero-order valence-electron chi connectivity index (χ0n) is 14.9. The Morgan fingerprint density at radius 3 is 2.65 bits per heavy atom. The van der Waals surface area contributed by atoms with Gasteiger partial charge < -0.3 is 9.15 Å². The number of carbonyl (C=O) groups excluding carboxylic acids is 1. The van der Waals surface area contributed by atoms with Crippen LogP contribution in [0.2, 0.25) is 0 Å². The average molecular weight is 347 g/mol. The van der Waals surface area contributed by atoms with E-state index in [0.717, 1.165) is 34.6 Å². The maximum absolute atomic E-state index is 10.3. The van der Waals surface area contributed by atoms with Gasteiger partial charge >= 0.3 is 0 Å². The molecule has 1 heterocycles. The summed E-state index contributed by atoms with van der Waals surface area (Å²) in [6, 6.07) is 15.7. The molecule has 0 bridgehead atoms. The first kappa shape index (κ1) is 17.7. The number of aromatic nitrogens is 1. The lowest BCUT2D eigenvalue weighted by Crippen LogP contribution is -2.02. The molecule has 4 nitrogen and oxygen atoms in total. The summed E-state index contributed by atoms with van der Waals surface area (Å²) < 4.78 is 11.6. The Hall–Kier alpha value is -3.14. The van der Waals surface area contributed by atoms with Crippen LogP contribution in [0.15, 0.2) is 59.0 Å². The Kier molecular flexibility index (Phi) is 5.64. The third kappa shape index (κ3) is 4.48. The van der Waals surface area contributed by atoms with Gasteiger partial charge in [0.25, 0.3) is 0 Å². The molecule has 0 unspecified atom stereocenters. The number of oxazole rings is 1. The van der Waals surface area contributed by atoms with Crippen molar-refractivity contribution >= 4 is 12.4 Å². The fraction of sp³-hybridized carbons (Fsp3) is 0.182. The van der Waals surface area contributed by atoms with Crippen molar-refractivity contribution in [1.29, 1.82) is 0 Å². The molecule has 0 saturated heterocycles. The van der Waals surface area contributed by atoms with Crippen LogP contribution in [0.5, 0.6) is 5.75 Å². The minimum absolute atomic E-state index is 0.518. The molecular weight excluding hydrogens is 326 g/mol. The molecule has 0 atom stereocenters. The second-order valence-corrected chi connectivity index (χ2v) is 6.05. The maximum atomic E-state index is 10.3. The standard InChI is InChI=1S/C22H21NO3/c1-16-5-3-7-19(15-16)22-23-21(17(2)26-22)12-14-25-20-10-8-18(9-11-20)6-4-13-24/h3-11,13,15H,12,14H2,1-2H3. The lowest BCUT2D eigenvalue weighted by atomic mass is 10.1. The smallest absolute Gasteiger partial charge is 0.226 e. The summed E-state index contributed by atoms with van der Waals surface area (Å²) in [5.74, 6) is 2.25. The van der Waals surface area contributed by atoms with Crippen LogP contribution in [-0.2, 0) is 11.2 Å². The van der Waals surface area contributed by atoms with Crippen LogP contribution >= 0.6 is 0 Å². The normalized spacial score (nSPS) is 11.0. The van der Waals surface area contributed by atoms with Crippen LogP contribution in [0.4, 0.5) is 0 Å². The SMILES string of the molecule is Cc1cccc(-c2nc(CCOc3ccc(C=CC=O)cc3)c(C)o2)c1. The van der Waals surface area contributed by atoms with Crippen molar-refractivity contribution in [2.45, 2.75) is 20.3 Å². The summed E-state index contributed by atoms with van der Waals surface area (Å²) in [7, 11) is 0. The zero-order chi connectivity index (χ0) is 18.4. The van der Waals surface area contributed by atoms with E-state index >= 15 is 0 Å². The second kappa shape index (κ2) is 8.30. The molecule has 0 aliphatic heterocycles. The summed E-state index contributed by atoms with van der Waals surface area (Å²) in [6.07, 6.45) is 4.65. The Bertz CT molecular complexity index is 907. The van der Waals surface area contributed by atoms with Gasteiger partial charge in [0.05, 0.1) is 12.3 Å². The molecule has 0 saturated carbocycles. The maximum Gasteiger partial charge on any atom is 0.226 e. The summed E-state index contributed by atoms with van der Waals surface area (Å²) in [5.41, 5.74) is 4.03.